The molecule has 0 radical (unpaired) electrons. The first-order chi connectivity index (χ1) is 16.0. The molecule has 0 fully saturated rings. The predicted octanol–water partition coefficient (Wildman–Crippen LogP) is 5.88. The molecule has 4 aromatic rings. The van der Waals surface area contributed by atoms with E-state index >= 15 is 0 Å². The molecule has 166 valence electrons. The number of anilines is 1. The van der Waals surface area contributed by atoms with E-state index in [9.17, 15) is 9.59 Å². The quantitative estimate of drug-likeness (QED) is 0.410. The van der Waals surface area contributed by atoms with Crippen molar-refractivity contribution in [1.82, 2.24) is 9.78 Å². The highest BCUT2D eigenvalue weighted by Gasteiger charge is 2.25. The summed E-state index contributed by atoms with van der Waals surface area (Å²) in [6, 6.07) is 26.8. The van der Waals surface area contributed by atoms with Gasteiger partial charge in [0.2, 0.25) is 0 Å². The number of para-hydroxylation sites is 1. The first kappa shape index (κ1) is 22.2. The molecule has 1 atom stereocenters. The first-order valence-corrected chi connectivity index (χ1v) is 11.1. The van der Waals surface area contributed by atoms with Crippen LogP contribution in [0.15, 0.2) is 89.7 Å². The van der Waals surface area contributed by atoms with E-state index in [4.69, 9.17) is 0 Å². The average molecular weight is 438 g/mol. The van der Waals surface area contributed by atoms with Gasteiger partial charge in [-0.15, -0.1) is 0 Å². The molecule has 0 saturated heterocycles. The predicted molar refractivity (Wildman–Crippen MR) is 133 cm³/mol. The molecule has 1 amide bonds. The summed E-state index contributed by atoms with van der Waals surface area (Å²) in [6.45, 7) is 4.24. The van der Waals surface area contributed by atoms with Crippen LogP contribution in [0.25, 0.3) is 22.4 Å². The van der Waals surface area contributed by atoms with E-state index in [2.05, 4.69) is 24.3 Å². The molecule has 0 saturated carbocycles. The van der Waals surface area contributed by atoms with Crippen LogP contribution in [0.3, 0.4) is 0 Å². The van der Waals surface area contributed by atoms with Gasteiger partial charge in [-0.2, -0.15) is 5.10 Å². The maximum atomic E-state index is 13.7. The fraction of sp³-hybridized carbons (Fsp3) is 0.179. The van der Waals surface area contributed by atoms with E-state index < -0.39 is 11.5 Å². The van der Waals surface area contributed by atoms with Crippen LogP contribution in [0.4, 0.5) is 5.69 Å². The minimum Gasteiger partial charge on any atom is -0.322 e. The molecule has 3 aromatic carbocycles. The maximum Gasteiger partial charge on any atom is 0.280 e. The van der Waals surface area contributed by atoms with Gasteiger partial charge in [0.05, 0.1) is 5.69 Å². The summed E-state index contributed by atoms with van der Waals surface area (Å²) >= 11 is 0. The fourth-order valence-electron chi connectivity index (χ4n) is 3.97. The monoisotopic (exact) mass is 437 g/mol. The van der Waals surface area contributed by atoms with Gasteiger partial charge in [0.1, 0.15) is 5.56 Å². The Morgan fingerprint density at radius 3 is 2.12 bits per heavy atom. The zero-order valence-electron chi connectivity index (χ0n) is 19.1. The van der Waals surface area contributed by atoms with Crippen molar-refractivity contribution >= 4 is 11.6 Å². The Bertz CT molecular complexity index is 1330. The zero-order valence-corrected chi connectivity index (χ0v) is 19.1. The number of hydrogen-bond acceptors (Lipinski definition) is 3. The molecule has 5 heteroatoms. The maximum absolute atomic E-state index is 13.7. The van der Waals surface area contributed by atoms with Gasteiger partial charge in [-0.3, -0.25) is 9.59 Å². The number of hydrogen-bond donors (Lipinski definition) is 1. The average Bonchev–Trinajstić information content (AvgIpc) is 2.86. The van der Waals surface area contributed by atoms with Crippen LogP contribution in [-0.4, -0.2) is 15.7 Å². The molecule has 1 heterocycles. The second-order valence-corrected chi connectivity index (χ2v) is 8.11. The Hall–Kier alpha value is -3.99. The standard InChI is InChI=1S/C28H27N3O2/c1-4-19(2)22-17-11-12-18-23(22)29-27(32)25-24(20-13-7-5-8-14-20)26(30-31(3)28(25)33)21-15-9-6-10-16-21/h5-19H,4H2,1-3H3,(H,29,32). The van der Waals surface area contributed by atoms with Crippen LogP contribution in [0.2, 0.25) is 0 Å². The SMILES string of the molecule is CCC(C)c1ccccc1NC(=O)c1c(-c2ccccc2)c(-c2ccccc2)nn(C)c1=O. The summed E-state index contributed by atoms with van der Waals surface area (Å²) in [7, 11) is 1.58. The number of aryl methyl sites for hydroxylation is 1. The lowest BCUT2D eigenvalue weighted by atomic mass is 9.94. The number of benzene rings is 3. The molecule has 0 aliphatic carbocycles. The van der Waals surface area contributed by atoms with E-state index in [1.807, 2.05) is 84.9 Å². The molecule has 1 aromatic heterocycles. The summed E-state index contributed by atoms with van der Waals surface area (Å²) in [5.41, 5.74) is 4.12. The Morgan fingerprint density at radius 2 is 1.48 bits per heavy atom. The van der Waals surface area contributed by atoms with Crippen molar-refractivity contribution in [3.63, 3.8) is 0 Å². The Morgan fingerprint density at radius 1 is 0.909 bits per heavy atom. The third kappa shape index (κ3) is 4.48. The molecule has 0 aliphatic rings. The van der Waals surface area contributed by atoms with Crippen molar-refractivity contribution in [2.24, 2.45) is 7.05 Å². The second-order valence-electron chi connectivity index (χ2n) is 8.11. The van der Waals surface area contributed by atoms with Gasteiger partial charge >= 0.3 is 0 Å². The normalized spacial score (nSPS) is 11.7. The molecule has 0 aliphatic heterocycles. The van der Waals surface area contributed by atoms with E-state index in [0.29, 0.717) is 11.3 Å². The summed E-state index contributed by atoms with van der Waals surface area (Å²) in [6.07, 6.45) is 0.942. The molecule has 33 heavy (non-hydrogen) atoms. The van der Waals surface area contributed by atoms with Gasteiger partial charge in [0.15, 0.2) is 0 Å². The third-order valence-electron chi connectivity index (χ3n) is 5.93. The lowest BCUT2D eigenvalue weighted by Gasteiger charge is -2.18. The van der Waals surface area contributed by atoms with Gasteiger partial charge in [-0.25, -0.2) is 4.68 Å². The van der Waals surface area contributed by atoms with Crippen LogP contribution >= 0.6 is 0 Å². The molecule has 5 nitrogen and oxygen atoms in total. The van der Waals surface area contributed by atoms with E-state index in [1.165, 1.54) is 4.68 Å². The molecule has 0 spiro atoms. The summed E-state index contributed by atoms with van der Waals surface area (Å²) in [4.78, 5) is 27.0. The first-order valence-electron chi connectivity index (χ1n) is 11.1. The number of aromatic nitrogens is 2. The van der Waals surface area contributed by atoms with E-state index in [-0.39, 0.29) is 11.5 Å². The van der Waals surface area contributed by atoms with Crippen LogP contribution in [-0.2, 0) is 7.05 Å². The number of amides is 1. The number of nitrogens with one attached hydrogen (secondary N) is 1. The fourth-order valence-corrected chi connectivity index (χ4v) is 3.97. The number of carbonyl (C=O) groups excluding carboxylic acids is 1. The third-order valence-corrected chi connectivity index (χ3v) is 5.93. The van der Waals surface area contributed by atoms with Crippen molar-refractivity contribution in [3.05, 3.63) is 106 Å². The lowest BCUT2D eigenvalue weighted by Crippen LogP contribution is -2.31. The summed E-state index contributed by atoms with van der Waals surface area (Å²) in [5.74, 6) is -0.167. The van der Waals surface area contributed by atoms with Gasteiger partial charge < -0.3 is 5.32 Å². The highest BCUT2D eigenvalue weighted by Crippen LogP contribution is 2.33. The number of carbonyl (C=O) groups is 1. The smallest absolute Gasteiger partial charge is 0.280 e. The lowest BCUT2D eigenvalue weighted by molar-refractivity contribution is 0.102. The highest BCUT2D eigenvalue weighted by molar-refractivity contribution is 6.10. The molecule has 1 unspecified atom stereocenters. The molecule has 4 rings (SSSR count). The van der Waals surface area contributed by atoms with Gasteiger partial charge in [-0.1, -0.05) is 92.7 Å². The molecular formula is C28H27N3O2. The number of nitrogens with zero attached hydrogens (tertiary/aromatic N) is 2. The Balaban J connectivity index is 1.93. The Labute approximate surface area is 193 Å². The molecular weight excluding hydrogens is 410 g/mol. The van der Waals surface area contributed by atoms with E-state index in [0.717, 1.165) is 28.8 Å². The molecule has 1 N–H and O–H groups in total. The van der Waals surface area contributed by atoms with E-state index in [1.54, 1.807) is 7.05 Å². The molecule has 0 bridgehead atoms. The summed E-state index contributed by atoms with van der Waals surface area (Å²) < 4.78 is 1.24. The zero-order chi connectivity index (χ0) is 23.4. The van der Waals surface area contributed by atoms with Crippen molar-refractivity contribution in [2.45, 2.75) is 26.2 Å². The van der Waals surface area contributed by atoms with Gasteiger partial charge in [0, 0.05) is 23.9 Å². The van der Waals surface area contributed by atoms with Crippen molar-refractivity contribution in [2.75, 3.05) is 5.32 Å². The Kier molecular flexibility index (Phi) is 6.50. The van der Waals surface area contributed by atoms with Crippen LogP contribution in [0.5, 0.6) is 0 Å². The van der Waals surface area contributed by atoms with Gasteiger partial charge in [-0.05, 0) is 29.5 Å². The van der Waals surface area contributed by atoms with Crippen LogP contribution < -0.4 is 10.9 Å². The highest BCUT2D eigenvalue weighted by atomic mass is 16.2. The largest absolute Gasteiger partial charge is 0.322 e. The van der Waals surface area contributed by atoms with Gasteiger partial charge in [0.25, 0.3) is 11.5 Å². The minimum absolute atomic E-state index is 0.0801. The van der Waals surface area contributed by atoms with Crippen molar-refractivity contribution < 1.29 is 4.79 Å². The van der Waals surface area contributed by atoms with Crippen molar-refractivity contribution in [1.29, 1.82) is 0 Å². The van der Waals surface area contributed by atoms with Crippen LogP contribution in [0, 0.1) is 0 Å². The van der Waals surface area contributed by atoms with Crippen molar-refractivity contribution in [3.8, 4) is 22.4 Å². The van der Waals surface area contributed by atoms with Crippen LogP contribution in [0.1, 0.15) is 42.1 Å². The second kappa shape index (κ2) is 9.65. The summed E-state index contributed by atoms with van der Waals surface area (Å²) in [5, 5.41) is 7.57. The minimum atomic E-state index is -0.440. The topological polar surface area (TPSA) is 64.0 Å². The number of rotatable bonds is 6.